The zero-order chi connectivity index (χ0) is 12.7. The normalized spacial score (nSPS) is 11.0. The Bertz CT molecular complexity index is 731. The smallest absolute Gasteiger partial charge is 0.146 e. The molecule has 0 fully saturated rings. The number of nitrogen functional groups attached to an aromatic ring is 1. The Labute approximate surface area is 110 Å². The monoisotopic (exact) mass is 257 g/mol. The molecule has 1 aromatic carbocycles. The summed E-state index contributed by atoms with van der Waals surface area (Å²) < 4.78 is 2.02. The van der Waals surface area contributed by atoms with Crippen molar-refractivity contribution >= 4 is 22.8 Å². The van der Waals surface area contributed by atoms with E-state index in [1.807, 2.05) is 41.8 Å². The second-order valence-corrected chi connectivity index (χ2v) is 4.62. The number of fused-ring (bicyclic) bond motifs is 1. The molecule has 4 heteroatoms. The molecule has 0 aliphatic carbocycles. The maximum Gasteiger partial charge on any atom is 0.146 e. The lowest BCUT2D eigenvalue weighted by atomic mass is 10.2. The van der Waals surface area contributed by atoms with Gasteiger partial charge in [-0.25, -0.2) is 4.98 Å². The van der Waals surface area contributed by atoms with Crippen LogP contribution in [0.5, 0.6) is 0 Å². The summed E-state index contributed by atoms with van der Waals surface area (Å²) in [6.45, 7) is 1.99. The van der Waals surface area contributed by atoms with Gasteiger partial charge in [0.15, 0.2) is 0 Å². The minimum Gasteiger partial charge on any atom is -0.399 e. The quantitative estimate of drug-likeness (QED) is 0.678. The van der Waals surface area contributed by atoms with Gasteiger partial charge in [0, 0.05) is 17.4 Å². The van der Waals surface area contributed by atoms with Crippen molar-refractivity contribution in [3.05, 3.63) is 53.3 Å². The number of rotatable bonds is 1. The largest absolute Gasteiger partial charge is 0.399 e. The topological polar surface area (TPSA) is 43.3 Å². The van der Waals surface area contributed by atoms with Crippen molar-refractivity contribution in [2.45, 2.75) is 6.92 Å². The van der Waals surface area contributed by atoms with Crippen molar-refractivity contribution < 1.29 is 0 Å². The molecule has 0 saturated carbocycles. The molecule has 3 nitrogen and oxygen atoms in total. The van der Waals surface area contributed by atoms with Crippen LogP contribution >= 0.6 is 11.6 Å². The first-order valence-corrected chi connectivity index (χ1v) is 6.03. The third-order valence-electron chi connectivity index (χ3n) is 2.96. The fraction of sp³-hybridized carbons (Fsp3) is 0.0714. The molecule has 0 bridgehead atoms. The lowest BCUT2D eigenvalue weighted by Gasteiger charge is -2.04. The number of hydrogen-bond acceptors (Lipinski definition) is 2. The van der Waals surface area contributed by atoms with Crippen LogP contribution in [0.3, 0.4) is 0 Å². The average Bonchev–Trinajstić information content (AvgIpc) is 2.71. The number of hydrogen-bond donors (Lipinski definition) is 1. The molecule has 0 atom stereocenters. The van der Waals surface area contributed by atoms with Gasteiger partial charge in [-0.1, -0.05) is 17.7 Å². The third kappa shape index (κ3) is 1.64. The Hall–Kier alpha value is -2.00. The number of aryl methyl sites for hydroxylation is 1. The summed E-state index contributed by atoms with van der Waals surface area (Å²) in [5, 5.41) is 0.653. The highest BCUT2D eigenvalue weighted by molar-refractivity contribution is 6.33. The second-order valence-electron chi connectivity index (χ2n) is 4.22. The van der Waals surface area contributed by atoms with Crippen LogP contribution in [-0.2, 0) is 0 Å². The van der Waals surface area contributed by atoms with E-state index in [1.54, 1.807) is 12.1 Å². The molecule has 2 heterocycles. The molecule has 0 radical (unpaired) electrons. The van der Waals surface area contributed by atoms with E-state index < -0.39 is 0 Å². The highest BCUT2D eigenvalue weighted by atomic mass is 35.5. The van der Waals surface area contributed by atoms with Crippen molar-refractivity contribution in [2.75, 3.05) is 5.73 Å². The summed E-state index contributed by atoms with van der Waals surface area (Å²) >= 11 is 6.23. The van der Waals surface area contributed by atoms with E-state index in [0.29, 0.717) is 10.7 Å². The molecule has 0 amide bonds. The zero-order valence-electron chi connectivity index (χ0n) is 9.89. The Kier molecular flexibility index (Phi) is 2.49. The van der Waals surface area contributed by atoms with Crippen LogP contribution in [0.1, 0.15) is 5.69 Å². The van der Waals surface area contributed by atoms with Crippen LogP contribution in [0, 0.1) is 6.92 Å². The van der Waals surface area contributed by atoms with Crippen molar-refractivity contribution in [1.82, 2.24) is 9.38 Å². The molecule has 2 N–H and O–H groups in total. The number of nitrogens with two attached hydrogens (primary N) is 1. The van der Waals surface area contributed by atoms with Crippen LogP contribution in [-0.4, -0.2) is 9.38 Å². The van der Waals surface area contributed by atoms with Crippen LogP contribution in [0.25, 0.3) is 16.9 Å². The van der Waals surface area contributed by atoms with Crippen molar-refractivity contribution in [3.8, 4) is 11.4 Å². The number of pyridine rings is 1. The maximum absolute atomic E-state index is 6.23. The van der Waals surface area contributed by atoms with Gasteiger partial charge in [0.2, 0.25) is 0 Å². The summed E-state index contributed by atoms with van der Waals surface area (Å²) in [7, 11) is 0. The third-order valence-corrected chi connectivity index (χ3v) is 3.29. The second kappa shape index (κ2) is 4.03. The van der Waals surface area contributed by atoms with E-state index in [0.717, 1.165) is 22.6 Å². The highest BCUT2D eigenvalue weighted by Crippen LogP contribution is 2.30. The molecule has 0 spiro atoms. The summed E-state index contributed by atoms with van der Waals surface area (Å²) in [6, 6.07) is 11.4. The number of halogens is 1. The van der Waals surface area contributed by atoms with Gasteiger partial charge in [-0.05, 0) is 37.3 Å². The lowest BCUT2D eigenvalue weighted by molar-refractivity contribution is 1.16. The minimum atomic E-state index is 0.653. The van der Waals surface area contributed by atoms with Gasteiger partial charge in [0.05, 0.1) is 16.2 Å². The van der Waals surface area contributed by atoms with Gasteiger partial charge in [-0.15, -0.1) is 0 Å². The molecule has 0 aliphatic rings. The molecule has 3 rings (SSSR count). The molecule has 3 aromatic rings. The van der Waals surface area contributed by atoms with E-state index in [1.165, 1.54) is 0 Å². The molecule has 0 saturated heterocycles. The summed E-state index contributed by atoms with van der Waals surface area (Å²) in [5.41, 5.74) is 9.40. The molecule has 0 aliphatic heterocycles. The van der Waals surface area contributed by atoms with E-state index in [2.05, 4.69) is 4.98 Å². The maximum atomic E-state index is 6.23. The Balaban J connectivity index is 2.35. The fourth-order valence-electron chi connectivity index (χ4n) is 2.10. The van der Waals surface area contributed by atoms with Gasteiger partial charge in [0.1, 0.15) is 5.82 Å². The first kappa shape index (κ1) is 11.1. The fourth-order valence-corrected chi connectivity index (χ4v) is 2.30. The van der Waals surface area contributed by atoms with Crippen molar-refractivity contribution in [3.63, 3.8) is 0 Å². The van der Waals surface area contributed by atoms with Gasteiger partial charge >= 0.3 is 0 Å². The summed E-state index contributed by atoms with van der Waals surface area (Å²) in [6.07, 6.45) is 1.98. The average molecular weight is 258 g/mol. The molecule has 18 heavy (non-hydrogen) atoms. The predicted octanol–water partition coefficient (Wildman–Crippen LogP) is 3.55. The molecular weight excluding hydrogens is 246 g/mol. The lowest BCUT2D eigenvalue weighted by Crippen LogP contribution is -1.91. The number of anilines is 1. The van der Waals surface area contributed by atoms with Gasteiger partial charge in [-0.2, -0.15) is 0 Å². The molecule has 0 unspecified atom stereocenters. The van der Waals surface area contributed by atoms with Crippen LogP contribution in [0.2, 0.25) is 5.02 Å². The molecule has 90 valence electrons. The minimum absolute atomic E-state index is 0.653. The van der Waals surface area contributed by atoms with E-state index in [-0.39, 0.29) is 0 Å². The standard InChI is InChI=1S/C14H12ClN3/c1-9-13-4-2-3-7-18(13)14(17-9)11-8-10(16)5-6-12(11)15/h2-8H,16H2,1H3. The van der Waals surface area contributed by atoms with Crippen molar-refractivity contribution in [2.24, 2.45) is 0 Å². The van der Waals surface area contributed by atoms with Crippen molar-refractivity contribution in [1.29, 1.82) is 0 Å². The van der Waals surface area contributed by atoms with E-state index in [4.69, 9.17) is 17.3 Å². The summed E-state index contributed by atoms with van der Waals surface area (Å²) in [4.78, 5) is 4.58. The number of benzene rings is 1. The Morgan fingerprint density at radius 2 is 2.06 bits per heavy atom. The van der Waals surface area contributed by atoms with Gasteiger partial charge in [-0.3, -0.25) is 4.40 Å². The zero-order valence-corrected chi connectivity index (χ0v) is 10.6. The predicted molar refractivity (Wildman–Crippen MR) is 74.8 cm³/mol. The van der Waals surface area contributed by atoms with E-state index >= 15 is 0 Å². The van der Waals surface area contributed by atoms with Crippen LogP contribution < -0.4 is 5.73 Å². The van der Waals surface area contributed by atoms with E-state index in [9.17, 15) is 0 Å². The first-order chi connectivity index (χ1) is 8.66. The first-order valence-electron chi connectivity index (χ1n) is 5.66. The number of imidazole rings is 1. The van der Waals surface area contributed by atoms with Gasteiger partial charge < -0.3 is 5.73 Å². The Morgan fingerprint density at radius 3 is 2.89 bits per heavy atom. The molecule has 2 aromatic heterocycles. The van der Waals surface area contributed by atoms with Crippen LogP contribution in [0.4, 0.5) is 5.69 Å². The number of nitrogens with zero attached hydrogens (tertiary/aromatic N) is 2. The summed E-state index contributed by atoms with van der Waals surface area (Å²) in [5.74, 6) is 0.820. The number of aromatic nitrogens is 2. The van der Waals surface area contributed by atoms with Gasteiger partial charge in [0.25, 0.3) is 0 Å². The Morgan fingerprint density at radius 1 is 1.22 bits per heavy atom. The van der Waals surface area contributed by atoms with Crippen LogP contribution in [0.15, 0.2) is 42.6 Å². The SMILES string of the molecule is Cc1nc(-c2cc(N)ccc2Cl)n2ccccc12. The highest BCUT2D eigenvalue weighted by Gasteiger charge is 2.12. The molecular formula is C14H12ClN3.